The highest BCUT2D eigenvalue weighted by molar-refractivity contribution is 4.95. The fourth-order valence-corrected chi connectivity index (χ4v) is 3.48. The van der Waals surface area contributed by atoms with Crippen molar-refractivity contribution in [2.75, 3.05) is 40.0 Å². The molecule has 4 heteroatoms. The second kappa shape index (κ2) is 7.02. The number of likely N-dealkylation sites (N-methyl/N-ethyl adjacent to an activating group) is 1. The van der Waals surface area contributed by atoms with Gasteiger partial charge in [0, 0.05) is 31.8 Å². The van der Waals surface area contributed by atoms with Gasteiger partial charge in [0.1, 0.15) is 0 Å². The van der Waals surface area contributed by atoms with Crippen LogP contribution in [0.2, 0.25) is 0 Å². The minimum Gasteiger partial charge on any atom is -0.381 e. The molecule has 2 rings (SSSR count). The maximum Gasteiger partial charge on any atom is 0.0590 e. The van der Waals surface area contributed by atoms with Gasteiger partial charge in [-0.25, -0.2) is 0 Å². The molecule has 2 N–H and O–H groups in total. The predicted molar refractivity (Wildman–Crippen MR) is 77.2 cm³/mol. The van der Waals surface area contributed by atoms with E-state index in [-0.39, 0.29) is 5.54 Å². The first-order chi connectivity index (χ1) is 9.20. The molecule has 0 aromatic carbocycles. The Kier molecular flexibility index (Phi) is 5.63. The Hall–Kier alpha value is -0.160. The lowest BCUT2D eigenvalue weighted by Crippen LogP contribution is -2.58. The van der Waals surface area contributed by atoms with Crippen LogP contribution in [-0.2, 0) is 9.47 Å². The molecule has 4 nitrogen and oxygen atoms in total. The van der Waals surface area contributed by atoms with Crippen LogP contribution in [0.1, 0.15) is 39.0 Å². The average molecular weight is 270 g/mol. The number of hydrogen-bond donors (Lipinski definition) is 1. The van der Waals surface area contributed by atoms with Crippen molar-refractivity contribution in [2.45, 2.75) is 50.7 Å². The van der Waals surface area contributed by atoms with Crippen molar-refractivity contribution in [1.82, 2.24) is 4.90 Å². The summed E-state index contributed by atoms with van der Waals surface area (Å²) >= 11 is 0. The highest BCUT2D eigenvalue weighted by atomic mass is 16.5. The first-order valence-corrected chi connectivity index (χ1v) is 7.81. The topological polar surface area (TPSA) is 47.7 Å². The molecule has 3 unspecified atom stereocenters. The van der Waals surface area contributed by atoms with E-state index in [1.54, 1.807) is 0 Å². The molecule has 19 heavy (non-hydrogen) atoms. The summed E-state index contributed by atoms with van der Waals surface area (Å²) in [5.74, 6) is 0.671. The van der Waals surface area contributed by atoms with Crippen LogP contribution in [0.3, 0.4) is 0 Å². The largest absolute Gasteiger partial charge is 0.381 e. The second-order valence-corrected chi connectivity index (χ2v) is 6.25. The van der Waals surface area contributed by atoms with Crippen molar-refractivity contribution in [2.24, 2.45) is 11.7 Å². The van der Waals surface area contributed by atoms with E-state index < -0.39 is 0 Å². The summed E-state index contributed by atoms with van der Waals surface area (Å²) < 4.78 is 11.4. The Labute approximate surface area is 117 Å². The normalized spacial score (nSPS) is 36.6. The zero-order chi connectivity index (χ0) is 13.7. The van der Waals surface area contributed by atoms with E-state index in [1.165, 1.54) is 12.8 Å². The summed E-state index contributed by atoms with van der Waals surface area (Å²) in [7, 11) is 2.24. The Balaban J connectivity index is 1.94. The number of nitrogens with zero attached hydrogens (tertiary/aromatic N) is 1. The van der Waals surface area contributed by atoms with Crippen LogP contribution in [0.15, 0.2) is 0 Å². The fraction of sp³-hybridized carbons (Fsp3) is 1.00. The molecule has 0 spiro atoms. The molecule has 0 bridgehead atoms. The van der Waals surface area contributed by atoms with Crippen LogP contribution in [0.4, 0.5) is 0 Å². The smallest absolute Gasteiger partial charge is 0.0590 e. The SMILES string of the molecule is CCC1CC(CN)(N(C)CC2CCCOC2)CCO1. The highest BCUT2D eigenvalue weighted by Gasteiger charge is 2.39. The van der Waals surface area contributed by atoms with Crippen molar-refractivity contribution in [1.29, 1.82) is 0 Å². The molecule has 0 aliphatic carbocycles. The molecule has 0 amide bonds. The molecular weight excluding hydrogens is 240 g/mol. The summed E-state index contributed by atoms with van der Waals surface area (Å²) in [6, 6.07) is 0. The molecule has 3 atom stereocenters. The van der Waals surface area contributed by atoms with Gasteiger partial charge in [-0.1, -0.05) is 6.92 Å². The molecule has 0 radical (unpaired) electrons. The van der Waals surface area contributed by atoms with Gasteiger partial charge in [-0.05, 0) is 45.1 Å². The van der Waals surface area contributed by atoms with Crippen molar-refractivity contribution in [3.8, 4) is 0 Å². The van der Waals surface area contributed by atoms with Gasteiger partial charge >= 0.3 is 0 Å². The predicted octanol–water partition coefficient (Wildman–Crippen LogP) is 1.63. The van der Waals surface area contributed by atoms with Gasteiger partial charge in [0.2, 0.25) is 0 Å². The zero-order valence-corrected chi connectivity index (χ0v) is 12.6. The van der Waals surface area contributed by atoms with Gasteiger partial charge in [-0.15, -0.1) is 0 Å². The number of nitrogens with two attached hydrogens (primary N) is 1. The van der Waals surface area contributed by atoms with Gasteiger partial charge in [0.05, 0.1) is 12.7 Å². The Morgan fingerprint density at radius 3 is 2.84 bits per heavy atom. The van der Waals surface area contributed by atoms with Gasteiger partial charge in [-0.3, -0.25) is 4.90 Å². The van der Waals surface area contributed by atoms with Crippen LogP contribution in [0.5, 0.6) is 0 Å². The van der Waals surface area contributed by atoms with E-state index in [1.807, 2.05) is 0 Å². The van der Waals surface area contributed by atoms with Crippen molar-refractivity contribution in [3.63, 3.8) is 0 Å². The van der Waals surface area contributed by atoms with Gasteiger partial charge in [-0.2, -0.15) is 0 Å². The first kappa shape index (κ1) is 15.2. The van der Waals surface area contributed by atoms with E-state index in [4.69, 9.17) is 15.2 Å². The van der Waals surface area contributed by atoms with E-state index in [0.717, 1.165) is 52.2 Å². The minimum absolute atomic E-state index is 0.135. The molecule has 0 aromatic rings. The summed E-state index contributed by atoms with van der Waals surface area (Å²) in [6.07, 6.45) is 6.09. The van der Waals surface area contributed by atoms with Crippen molar-refractivity contribution in [3.05, 3.63) is 0 Å². The molecule has 0 saturated carbocycles. The van der Waals surface area contributed by atoms with E-state index in [0.29, 0.717) is 12.0 Å². The molecular formula is C15H30N2O2. The summed E-state index contributed by atoms with van der Waals surface area (Å²) in [5, 5.41) is 0. The van der Waals surface area contributed by atoms with E-state index in [9.17, 15) is 0 Å². The standard InChI is InChI=1S/C15H30N2O2/c1-3-14-9-15(12-16,6-8-19-14)17(2)10-13-5-4-7-18-11-13/h13-14H,3-12,16H2,1-2H3. The number of rotatable bonds is 5. The summed E-state index contributed by atoms with van der Waals surface area (Å²) in [6.45, 7) is 6.74. The van der Waals surface area contributed by atoms with Crippen LogP contribution in [0.25, 0.3) is 0 Å². The van der Waals surface area contributed by atoms with Gasteiger partial charge in [0.15, 0.2) is 0 Å². The Morgan fingerprint density at radius 2 is 2.21 bits per heavy atom. The van der Waals surface area contributed by atoms with Crippen LogP contribution in [-0.4, -0.2) is 56.5 Å². The molecule has 112 valence electrons. The zero-order valence-electron chi connectivity index (χ0n) is 12.6. The maximum absolute atomic E-state index is 6.13. The third kappa shape index (κ3) is 3.69. The maximum atomic E-state index is 6.13. The molecule has 2 heterocycles. The lowest BCUT2D eigenvalue weighted by molar-refractivity contribution is -0.0733. The van der Waals surface area contributed by atoms with E-state index >= 15 is 0 Å². The monoisotopic (exact) mass is 270 g/mol. The highest BCUT2D eigenvalue weighted by Crippen LogP contribution is 2.31. The van der Waals surface area contributed by atoms with E-state index in [2.05, 4.69) is 18.9 Å². The summed E-state index contributed by atoms with van der Waals surface area (Å²) in [5.41, 5.74) is 6.27. The Morgan fingerprint density at radius 1 is 1.37 bits per heavy atom. The third-order valence-corrected chi connectivity index (χ3v) is 4.96. The third-order valence-electron chi connectivity index (χ3n) is 4.96. The fourth-order valence-electron chi connectivity index (χ4n) is 3.48. The first-order valence-electron chi connectivity index (χ1n) is 7.81. The van der Waals surface area contributed by atoms with Crippen LogP contribution >= 0.6 is 0 Å². The summed E-state index contributed by atoms with van der Waals surface area (Å²) in [4.78, 5) is 2.50. The molecule has 2 aliphatic heterocycles. The quantitative estimate of drug-likeness (QED) is 0.825. The van der Waals surface area contributed by atoms with Crippen LogP contribution in [0, 0.1) is 5.92 Å². The van der Waals surface area contributed by atoms with Gasteiger partial charge in [0.25, 0.3) is 0 Å². The molecule has 2 saturated heterocycles. The lowest BCUT2D eigenvalue weighted by atomic mass is 9.83. The average Bonchev–Trinajstić information content (AvgIpc) is 2.48. The van der Waals surface area contributed by atoms with Crippen LogP contribution < -0.4 is 5.73 Å². The molecule has 0 aromatic heterocycles. The molecule has 2 fully saturated rings. The van der Waals surface area contributed by atoms with Crippen molar-refractivity contribution < 1.29 is 9.47 Å². The minimum atomic E-state index is 0.135. The van der Waals surface area contributed by atoms with Gasteiger partial charge < -0.3 is 15.2 Å². The number of hydrogen-bond acceptors (Lipinski definition) is 4. The van der Waals surface area contributed by atoms with Crippen molar-refractivity contribution >= 4 is 0 Å². The Bertz CT molecular complexity index is 269. The molecule has 2 aliphatic rings. The lowest BCUT2D eigenvalue weighted by Gasteiger charge is -2.47. The second-order valence-electron chi connectivity index (χ2n) is 6.25. The number of ether oxygens (including phenoxy) is 2.